The van der Waals surface area contributed by atoms with Crippen LogP contribution in [0, 0.1) is 5.41 Å². The van der Waals surface area contributed by atoms with E-state index < -0.39 is 0 Å². The summed E-state index contributed by atoms with van der Waals surface area (Å²) in [5, 5.41) is 7.16. The van der Waals surface area contributed by atoms with E-state index in [0.717, 1.165) is 6.54 Å². The van der Waals surface area contributed by atoms with E-state index >= 15 is 0 Å². The largest absolute Gasteiger partial charge is 0.313 e. The Morgan fingerprint density at radius 1 is 1.46 bits per heavy atom. The summed E-state index contributed by atoms with van der Waals surface area (Å²) in [6.45, 7) is 11.4. The van der Waals surface area contributed by atoms with Crippen LogP contribution in [-0.4, -0.2) is 25.2 Å². The summed E-state index contributed by atoms with van der Waals surface area (Å²) in [7, 11) is 0. The van der Waals surface area contributed by atoms with Gasteiger partial charge in [-0.05, 0) is 31.7 Å². The summed E-state index contributed by atoms with van der Waals surface area (Å²) in [5.41, 5.74) is 0.499. The molecule has 1 fully saturated rings. The topological polar surface area (TPSA) is 24.1 Å². The van der Waals surface area contributed by atoms with Gasteiger partial charge in [0.25, 0.3) is 0 Å². The molecule has 1 saturated heterocycles. The van der Waals surface area contributed by atoms with Gasteiger partial charge in [0.05, 0.1) is 0 Å². The van der Waals surface area contributed by atoms with Crippen LogP contribution in [0.4, 0.5) is 0 Å². The molecule has 0 amide bonds. The standard InChI is InChI=1S/C11H24N2/c1-5-11(4)7-10(12-6-2)9(3)13-8-11/h9-10,12-13H,5-8H2,1-4H3/t9-,10-,11?/m0/s1. The van der Waals surface area contributed by atoms with E-state index in [-0.39, 0.29) is 0 Å². The number of rotatable bonds is 3. The Labute approximate surface area is 82.5 Å². The highest BCUT2D eigenvalue weighted by atomic mass is 15.0. The molecule has 1 rings (SSSR count). The molecule has 0 bridgehead atoms. The van der Waals surface area contributed by atoms with Crippen LogP contribution in [0.3, 0.4) is 0 Å². The molecule has 0 aliphatic carbocycles. The Balaban J connectivity index is 2.52. The van der Waals surface area contributed by atoms with Crippen LogP contribution in [0.2, 0.25) is 0 Å². The van der Waals surface area contributed by atoms with E-state index in [1.165, 1.54) is 19.4 Å². The zero-order valence-corrected chi connectivity index (χ0v) is 9.48. The summed E-state index contributed by atoms with van der Waals surface area (Å²) >= 11 is 0. The summed E-state index contributed by atoms with van der Waals surface area (Å²) in [6, 6.07) is 1.28. The fourth-order valence-electron chi connectivity index (χ4n) is 2.11. The monoisotopic (exact) mass is 184 g/mol. The summed E-state index contributed by atoms with van der Waals surface area (Å²) in [4.78, 5) is 0. The second kappa shape index (κ2) is 4.43. The second-order valence-electron chi connectivity index (χ2n) is 4.70. The van der Waals surface area contributed by atoms with Gasteiger partial charge in [-0.1, -0.05) is 20.8 Å². The molecule has 2 heteroatoms. The molecule has 3 atom stereocenters. The third kappa shape index (κ3) is 2.68. The van der Waals surface area contributed by atoms with Crippen LogP contribution in [0.1, 0.15) is 40.5 Å². The van der Waals surface area contributed by atoms with Crippen LogP contribution in [0.15, 0.2) is 0 Å². The third-order valence-corrected chi connectivity index (χ3v) is 3.49. The lowest BCUT2D eigenvalue weighted by Gasteiger charge is -2.42. The van der Waals surface area contributed by atoms with Gasteiger partial charge in [0, 0.05) is 18.6 Å². The van der Waals surface area contributed by atoms with Gasteiger partial charge in [-0.2, -0.15) is 0 Å². The van der Waals surface area contributed by atoms with E-state index in [2.05, 4.69) is 38.3 Å². The molecule has 13 heavy (non-hydrogen) atoms. The van der Waals surface area contributed by atoms with E-state index in [4.69, 9.17) is 0 Å². The van der Waals surface area contributed by atoms with Crippen LogP contribution in [0.5, 0.6) is 0 Å². The molecule has 0 aromatic rings. The number of likely N-dealkylation sites (N-methyl/N-ethyl adjacent to an activating group) is 1. The maximum absolute atomic E-state index is 3.60. The first kappa shape index (κ1) is 11.0. The van der Waals surface area contributed by atoms with Crippen molar-refractivity contribution in [2.45, 2.75) is 52.6 Å². The number of nitrogens with one attached hydrogen (secondary N) is 2. The predicted molar refractivity (Wildman–Crippen MR) is 57.9 cm³/mol. The van der Waals surface area contributed by atoms with Gasteiger partial charge in [0.2, 0.25) is 0 Å². The average molecular weight is 184 g/mol. The molecular weight excluding hydrogens is 160 g/mol. The van der Waals surface area contributed by atoms with E-state index in [1.54, 1.807) is 0 Å². The lowest BCUT2D eigenvalue weighted by atomic mass is 9.76. The molecule has 1 aliphatic heterocycles. The lowest BCUT2D eigenvalue weighted by Crippen LogP contribution is -2.56. The first-order chi connectivity index (χ1) is 6.11. The Morgan fingerprint density at radius 3 is 2.69 bits per heavy atom. The van der Waals surface area contributed by atoms with Crippen molar-refractivity contribution >= 4 is 0 Å². The van der Waals surface area contributed by atoms with Crippen LogP contribution < -0.4 is 10.6 Å². The van der Waals surface area contributed by atoms with Crippen LogP contribution in [-0.2, 0) is 0 Å². The molecule has 1 unspecified atom stereocenters. The minimum absolute atomic E-state index is 0.499. The Bertz CT molecular complexity index is 158. The second-order valence-corrected chi connectivity index (χ2v) is 4.70. The molecular formula is C11H24N2. The summed E-state index contributed by atoms with van der Waals surface area (Å²) in [6.07, 6.45) is 2.58. The zero-order valence-electron chi connectivity index (χ0n) is 9.48. The number of piperidine rings is 1. The molecule has 0 aromatic carbocycles. The molecule has 0 saturated carbocycles. The molecule has 1 aliphatic rings. The number of hydrogen-bond donors (Lipinski definition) is 2. The van der Waals surface area contributed by atoms with E-state index in [0.29, 0.717) is 17.5 Å². The fourth-order valence-corrected chi connectivity index (χ4v) is 2.11. The predicted octanol–water partition coefficient (Wildman–Crippen LogP) is 1.76. The first-order valence-corrected chi connectivity index (χ1v) is 5.58. The highest BCUT2D eigenvalue weighted by Gasteiger charge is 2.33. The Kier molecular flexibility index (Phi) is 3.74. The number of hydrogen-bond acceptors (Lipinski definition) is 2. The average Bonchev–Trinajstić information content (AvgIpc) is 2.12. The minimum Gasteiger partial charge on any atom is -0.313 e. The Hall–Kier alpha value is -0.0800. The SMILES string of the molecule is CCN[C@H]1CC(C)(CC)CN[C@H]1C. The van der Waals surface area contributed by atoms with Crippen molar-refractivity contribution < 1.29 is 0 Å². The van der Waals surface area contributed by atoms with Crippen molar-refractivity contribution in [3.05, 3.63) is 0 Å². The van der Waals surface area contributed by atoms with Crippen molar-refractivity contribution in [1.29, 1.82) is 0 Å². The Morgan fingerprint density at radius 2 is 2.15 bits per heavy atom. The fraction of sp³-hybridized carbons (Fsp3) is 1.00. The van der Waals surface area contributed by atoms with Gasteiger partial charge >= 0.3 is 0 Å². The van der Waals surface area contributed by atoms with Crippen molar-refractivity contribution in [2.24, 2.45) is 5.41 Å². The van der Waals surface area contributed by atoms with E-state index in [1.807, 2.05) is 0 Å². The highest BCUT2D eigenvalue weighted by Crippen LogP contribution is 2.30. The lowest BCUT2D eigenvalue weighted by molar-refractivity contribution is 0.157. The van der Waals surface area contributed by atoms with Crippen LogP contribution >= 0.6 is 0 Å². The zero-order chi connectivity index (χ0) is 9.90. The molecule has 2 nitrogen and oxygen atoms in total. The summed E-state index contributed by atoms with van der Waals surface area (Å²) in [5.74, 6) is 0. The van der Waals surface area contributed by atoms with Crippen molar-refractivity contribution in [1.82, 2.24) is 10.6 Å². The van der Waals surface area contributed by atoms with Crippen molar-refractivity contribution in [3.63, 3.8) is 0 Å². The first-order valence-electron chi connectivity index (χ1n) is 5.58. The van der Waals surface area contributed by atoms with E-state index in [9.17, 15) is 0 Å². The molecule has 1 heterocycles. The quantitative estimate of drug-likeness (QED) is 0.698. The van der Waals surface area contributed by atoms with Gasteiger partial charge in [0.15, 0.2) is 0 Å². The third-order valence-electron chi connectivity index (χ3n) is 3.49. The maximum atomic E-state index is 3.60. The smallest absolute Gasteiger partial charge is 0.0224 e. The maximum Gasteiger partial charge on any atom is 0.0224 e. The van der Waals surface area contributed by atoms with Gasteiger partial charge in [-0.3, -0.25) is 0 Å². The van der Waals surface area contributed by atoms with Crippen molar-refractivity contribution in [3.8, 4) is 0 Å². The molecule has 0 spiro atoms. The normalized spacial score (nSPS) is 40.6. The molecule has 2 N–H and O–H groups in total. The highest BCUT2D eigenvalue weighted by molar-refractivity contribution is 4.92. The minimum atomic E-state index is 0.499. The molecule has 0 aromatic heterocycles. The van der Waals surface area contributed by atoms with Gasteiger partial charge in [0.1, 0.15) is 0 Å². The molecule has 0 radical (unpaired) electrons. The molecule has 78 valence electrons. The van der Waals surface area contributed by atoms with Gasteiger partial charge in [-0.25, -0.2) is 0 Å². The van der Waals surface area contributed by atoms with Gasteiger partial charge in [-0.15, -0.1) is 0 Å². The van der Waals surface area contributed by atoms with Gasteiger partial charge < -0.3 is 10.6 Å². The summed E-state index contributed by atoms with van der Waals surface area (Å²) < 4.78 is 0. The van der Waals surface area contributed by atoms with Crippen LogP contribution in [0.25, 0.3) is 0 Å². The van der Waals surface area contributed by atoms with Crippen molar-refractivity contribution in [2.75, 3.05) is 13.1 Å².